The average Bonchev–Trinajstić information content (AvgIpc) is 2.76. The van der Waals surface area contributed by atoms with Crippen molar-refractivity contribution in [1.29, 1.82) is 0 Å². The molecule has 0 aromatic heterocycles. The molecule has 3 rings (SSSR count). The molecular weight excluding hydrogens is 366 g/mol. The third-order valence-electron chi connectivity index (χ3n) is 4.47. The second kappa shape index (κ2) is 10.5. The van der Waals surface area contributed by atoms with Crippen LogP contribution in [0.4, 0.5) is 0 Å². The fourth-order valence-corrected chi connectivity index (χ4v) is 3.75. The smallest absolute Gasteiger partial charge is 0.230 e. The molecule has 0 aliphatic heterocycles. The molecule has 142 valence electrons. The topological polar surface area (TPSA) is 46.2 Å². The quantitative estimate of drug-likeness (QED) is 0.546. The van der Waals surface area contributed by atoms with E-state index in [2.05, 4.69) is 29.6 Å². The Kier molecular flexibility index (Phi) is 7.44. The van der Waals surface area contributed by atoms with Crippen LogP contribution in [0.1, 0.15) is 27.4 Å². The third-order valence-corrected chi connectivity index (χ3v) is 5.40. The number of benzene rings is 3. The predicted octanol–water partition coefficient (Wildman–Crippen LogP) is 4.55. The number of rotatable bonds is 9. The lowest BCUT2D eigenvalue weighted by atomic mass is 9.91. The maximum atomic E-state index is 12.3. The lowest BCUT2D eigenvalue weighted by molar-refractivity contribution is -0.118. The van der Waals surface area contributed by atoms with Gasteiger partial charge in [0.05, 0.1) is 11.5 Å². The van der Waals surface area contributed by atoms with Crippen LogP contribution in [0.5, 0.6) is 0 Å². The van der Waals surface area contributed by atoms with Gasteiger partial charge >= 0.3 is 0 Å². The molecule has 0 spiro atoms. The molecule has 4 heteroatoms. The van der Waals surface area contributed by atoms with Crippen molar-refractivity contribution in [3.8, 4) is 0 Å². The van der Waals surface area contributed by atoms with Crippen LogP contribution in [0, 0.1) is 0 Å². The number of hydrogen-bond donors (Lipinski definition) is 1. The van der Waals surface area contributed by atoms with E-state index in [9.17, 15) is 9.59 Å². The monoisotopic (exact) mass is 389 g/mol. The van der Waals surface area contributed by atoms with E-state index >= 15 is 0 Å². The van der Waals surface area contributed by atoms with Gasteiger partial charge in [-0.25, -0.2) is 0 Å². The molecule has 0 radical (unpaired) electrons. The largest absolute Gasteiger partial charge is 0.354 e. The zero-order valence-corrected chi connectivity index (χ0v) is 16.4. The number of ketones is 1. The predicted molar refractivity (Wildman–Crippen MR) is 116 cm³/mol. The van der Waals surface area contributed by atoms with Crippen molar-refractivity contribution in [2.45, 2.75) is 5.92 Å². The maximum Gasteiger partial charge on any atom is 0.230 e. The number of Topliss-reactive ketones (excluding diaryl/α,β-unsaturated/α-hetero) is 1. The number of carbonyl (C=O) groups excluding carboxylic acids is 2. The number of carbonyl (C=O) groups is 2. The van der Waals surface area contributed by atoms with Crippen molar-refractivity contribution >= 4 is 23.5 Å². The molecule has 1 amide bonds. The van der Waals surface area contributed by atoms with Gasteiger partial charge in [0.1, 0.15) is 0 Å². The van der Waals surface area contributed by atoms with Crippen molar-refractivity contribution in [1.82, 2.24) is 5.32 Å². The summed E-state index contributed by atoms with van der Waals surface area (Å²) in [5, 5.41) is 3.02. The Morgan fingerprint density at radius 2 is 1.21 bits per heavy atom. The molecule has 1 N–H and O–H groups in total. The average molecular weight is 390 g/mol. The van der Waals surface area contributed by atoms with Crippen LogP contribution in [0.15, 0.2) is 91.0 Å². The molecule has 0 atom stereocenters. The second-order valence-corrected chi connectivity index (χ2v) is 7.45. The first-order valence-electron chi connectivity index (χ1n) is 9.26. The molecule has 3 nitrogen and oxygen atoms in total. The summed E-state index contributed by atoms with van der Waals surface area (Å²) in [6.07, 6.45) is 0. The van der Waals surface area contributed by atoms with Crippen LogP contribution >= 0.6 is 11.8 Å². The molecule has 28 heavy (non-hydrogen) atoms. The van der Waals surface area contributed by atoms with Crippen molar-refractivity contribution in [2.75, 3.05) is 18.1 Å². The fourth-order valence-electron chi connectivity index (χ4n) is 3.01. The first-order chi connectivity index (χ1) is 13.7. The van der Waals surface area contributed by atoms with Gasteiger partial charge in [-0.3, -0.25) is 9.59 Å². The Balaban J connectivity index is 1.52. The number of hydrogen-bond acceptors (Lipinski definition) is 3. The Morgan fingerprint density at radius 3 is 1.75 bits per heavy atom. The summed E-state index contributed by atoms with van der Waals surface area (Å²) >= 11 is 1.35. The van der Waals surface area contributed by atoms with E-state index in [0.29, 0.717) is 17.9 Å². The van der Waals surface area contributed by atoms with E-state index in [0.717, 1.165) is 0 Å². The van der Waals surface area contributed by atoms with Gasteiger partial charge in [-0.15, -0.1) is 11.8 Å². The van der Waals surface area contributed by atoms with Crippen molar-refractivity contribution in [2.24, 2.45) is 0 Å². The van der Waals surface area contributed by atoms with E-state index in [1.165, 1.54) is 22.9 Å². The van der Waals surface area contributed by atoms with E-state index in [1.54, 1.807) is 12.1 Å². The SMILES string of the molecule is O=C(CSCC(=O)c1ccccc1)NCC(c1ccccc1)c1ccccc1. The highest BCUT2D eigenvalue weighted by atomic mass is 32.2. The highest BCUT2D eigenvalue weighted by molar-refractivity contribution is 8.00. The summed E-state index contributed by atoms with van der Waals surface area (Å²) in [6, 6.07) is 29.5. The van der Waals surface area contributed by atoms with E-state index in [-0.39, 0.29) is 23.4 Å². The normalized spacial score (nSPS) is 10.6. The van der Waals surface area contributed by atoms with Gasteiger partial charge in [-0.05, 0) is 11.1 Å². The van der Waals surface area contributed by atoms with Crippen molar-refractivity contribution in [3.05, 3.63) is 108 Å². The van der Waals surface area contributed by atoms with E-state index in [1.807, 2.05) is 54.6 Å². The molecule has 3 aromatic carbocycles. The molecule has 0 aliphatic rings. The first-order valence-corrected chi connectivity index (χ1v) is 10.4. The van der Waals surface area contributed by atoms with Gasteiger partial charge in [0, 0.05) is 18.0 Å². The number of amides is 1. The second-order valence-electron chi connectivity index (χ2n) is 6.46. The minimum atomic E-state index is -0.0530. The Labute approximate surface area is 170 Å². The van der Waals surface area contributed by atoms with E-state index in [4.69, 9.17) is 0 Å². The minimum absolute atomic E-state index is 0.0462. The van der Waals surface area contributed by atoms with Crippen LogP contribution < -0.4 is 5.32 Å². The Hall–Kier alpha value is -2.85. The molecule has 0 bridgehead atoms. The Morgan fingerprint density at radius 1 is 0.714 bits per heavy atom. The molecule has 0 saturated heterocycles. The van der Waals surface area contributed by atoms with Gasteiger partial charge < -0.3 is 5.32 Å². The summed E-state index contributed by atoms with van der Waals surface area (Å²) in [7, 11) is 0. The van der Waals surface area contributed by atoms with Crippen LogP contribution in [-0.4, -0.2) is 29.7 Å². The van der Waals surface area contributed by atoms with Crippen LogP contribution in [0.2, 0.25) is 0 Å². The zero-order valence-electron chi connectivity index (χ0n) is 15.6. The van der Waals surface area contributed by atoms with Crippen LogP contribution in [0.25, 0.3) is 0 Å². The summed E-state index contributed by atoms with van der Waals surface area (Å²) in [5.41, 5.74) is 3.02. The van der Waals surface area contributed by atoms with Gasteiger partial charge in [-0.2, -0.15) is 0 Å². The van der Waals surface area contributed by atoms with Gasteiger partial charge in [0.25, 0.3) is 0 Å². The van der Waals surface area contributed by atoms with Crippen LogP contribution in [-0.2, 0) is 4.79 Å². The van der Waals surface area contributed by atoms with E-state index < -0.39 is 0 Å². The van der Waals surface area contributed by atoms with Crippen molar-refractivity contribution < 1.29 is 9.59 Å². The molecule has 0 fully saturated rings. The Bertz CT molecular complexity index is 843. The molecule has 0 aliphatic carbocycles. The number of nitrogens with one attached hydrogen (secondary N) is 1. The zero-order chi connectivity index (χ0) is 19.6. The summed E-state index contributed by atoms with van der Waals surface area (Å²) in [6.45, 7) is 0.528. The van der Waals surface area contributed by atoms with Crippen LogP contribution in [0.3, 0.4) is 0 Å². The lowest BCUT2D eigenvalue weighted by Crippen LogP contribution is -2.30. The molecule has 0 unspecified atom stereocenters. The first kappa shape index (κ1) is 19.9. The van der Waals surface area contributed by atoms with Gasteiger partial charge in [0.15, 0.2) is 5.78 Å². The van der Waals surface area contributed by atoms with Crippen molar-refractivity contribution in [3.63, 3.8) is 0 Å². The molecule has 3 aromatic rings. The van der Waals surface area contributed by atoms with Gasteiger partial charge in [0.2, 0.25) is 5.91 Å². The molecule has 0 saturated carbocycles. The lowest BCUT2D eigenvalue weighted by Gasteiger charge is -2.18. The summed E-state index contributed by atoms with van der Waals surface area (Å²) < 4.78 is 0. The number of thioether (sulfide) groups is 1. The standard InChI is InChI=1S/C24H23NO2S/c26-23(21-14-8-3-9-15-21)17-28-18-24(27)25-16-22(19-10-4-1-5-11-19)20-12-6-2-7-13-20/h1-15,22H,16-18H2,(H,25,27). The maximum absolute atomic E-state index is 12.3. The fraction of sp³-hybridized carbons (Fsp3) is 0.167. The summed E-state index contributed by atoms with van der Waals surface area (Å²) in [4.78, 5) is 24.4. The van der Waals surface area contributed by atoms with Gasteiger partial charge in [-0.1, -0.05) is 91.0 Å². The minimum Gasteiger partial charge on any atom is -0.354 e. The molecule has 0 heterocycles. The highest BCUT2D eigenvalue weighted by Gasteiger charge is 2.15. The third kappa shape index (κ3) is 5.83. The molecular formula is C24H23NO2S. The highest BCUT2D eigenvalue weighted by Crippen LogP contribution is 2.23. The summed E-state index contributed by atoms with van der Waals surface area (Å²) in [5.74, 6) is 0.669.